The van der Waals surface area contributed by atoms with Gasteiger partial charge in [0.05, 0.1) is 33.1 Å². The monoisotopic (exact) mass is 722 g/mol. The van der Waals surface area contributed by atoms with Gasteiger partial charge in [-0.05, 0) is 89.3 Å². The van der Waals surface area contributed by atoms with Crippen molar-refractivity contribution in [3.63, 3.8) is 0 Å². The van der Waals surface area contributed by atoms with Gasteiger partial charge >= 0.3 is 5.69 Å². The maximum atomic E-state index is 13.8. The summed E-state index contributed by atoms with van der Waals surface area (Å²) in [7, 11) is 0. The van der Waals surface area contributed by atoms with Gasteiger partial charge in [0.15, 0.2) is 5.82 Å². The highest BCUT2D eigenvalue weighted by Gasteiger charge is 2.22. The summed E-state index contributed by atoms with van der Waals surface area (Å²) < 4.78 is 13.3. The minimum Gasteiger partial charge on any atom is -0.494 e. The van der Waals surface area contributed by atoms with E-state index in [-0.39, 0.29) is 29.5 Å². The largest absolute Gasteiger partial charge is 0.494 e. The van der Waals surface area contributed by atoms with Gasteiger partial charge in [-0.1, -0.05) is 55.2 Å². The standard InChI is InChI=1S/C34H29BrCl2N4O5/c1-5-45-31-12-20(4)26(16-25(31)19(2)3)33-39-29-9-7-6-8-24(29)34(42)40(33)38-17-21-13-27(35)32(30(14-21)41(43)44)46-18-22-10-11-23(36)15-28(22)37/h6-17,19H,5,18H2,1-4H3. The summed E-state index contributed by atoms with van der Waals surface area (Å²) in [5.41, 5.74) is 3.33. The van der Waals surface area contributed by atoms with Crippen LogP contribution < -0.4 is 15.0 Å². The lowest BCUT2D eigenvalue weighted by Crippen LogP contribution is -2.21. The van der Waals surface area contributed by atoms with Crippen molar-refractivity contribution in [2.75, 3.05) is 6.61 Å². The van der Waals surface area contributed by atoms with Crippen molar-refractivity contribution in [3.05, 3.63) is 124 Å². The molecular weight excluding hydrogens is 695 g/mol. The minimum absolute atomic E-state index is 0.0182. The molecule has 46 heavy (non-hydrogen) atoms. The zero-order valence-electron chi connectivity index (χ0n) is 25.4. The first-order chi connectivity index (χ1) is 22.0. The van der Waals surface area contributed by atoms with Crippen molar-refractivity contribution in [1.29, 1.82) is 0 Å². The van der Waals surface area contributed by atoms with E-state index in [0.29, 0.717) is 54.5 Å². The second kappa shape index (κ2) is 14.0. The van der Waals surface area contributed by atoms with E-state index in [4.69, 9.17) is 37.7 Å². The van der Waals surface area contributed by atoms with E-state index in [1.165, 1.54) is 17.0 Å². The molecule has 0 spiro atoms. The Bertz CT molecular complexity index is 2060. The van der Waals surface area contributed by atoms with Crippen molar-refractivity contribution in [2.24, 2.45) is 5.10 Å². The lowest BCUT2D eigenvalue weighted by molar-refractivity contribution is -0.386. The lowest BCUT2D eigenvalue weighted by Gasteiger charge is -2.18. The number of halogens is 3. The number of para-hydroxylation sites is 1. The number of hydrogen-bond acceptors (Lipinski definition) is 7. The highest BCUT2D eigenvalue weighted by molar-refractivity contribution is 9.10. The summed E-state index contributed by atoms with van der Waals surface area (Å²) in [6, 6.07) is 18.8. The van der Waals surface area contributed by atoms with Crippen LogP contribution in [0.25, 0.3) is 22.3 Å². The van der Waals surface area contributed by atoms with Gasteiger partial charge in [-0.25, -0.2) is 4.98 Å². The molecule has 1 aromatic heterocycles. The summed E-state index contributed by atoms with van der Waals surface area (Å²) in [6.07, 6.45) is 1.38. The lowest BCUT2D eigenvalue weighted by atomic mass is 9.96. The van der Waals surface area contributed by atoms with Crippen LogP contribution in [0.3, 0.4) is 0 Å². The Morgan fingerprint density at radius 2 is 1.85 bits per heavy atom. The predicted molar refractivity (Wildman–Crippen MR) is 186 cm³/mol. The Kier molecular flexibility index (Phi) is 10.1. The summed E-state index contributed by atoms with van der Waals surface area (Å²) in [5, 5.41) is 17.9. The quantitative estimate of drug-likeness (QED) is 0.0807. The van der Waals surface area contributed by atoms with Gasteiger partial charge in [-0.2, -0.15) is 9.78 Å². The molecule has 9 nitrogen and oxygen atoms in total. The summed E-state index contributed by atoms with van der Waals surface area (Å²) in [6.45, 7) is 8.48. The first kappa shape index (κ1) is 33.1. The van der Waals surface area contributed by atoms with E-state index in [9.17, 15) is 14.9 Å². The number of rotatable bonds is 10. The molecule has 5 rings (SSSR count). The Labute approximate surface area is 283 Å². The van der Waals surface area contributed by atoms with Gasteiger partial charge in [-0.15, -0.1) is 0 Å². The molecule has 0 saturated carbocycles. The number of ether oxygens (including phenoxy) is 2. The zero-order valence-corrected chi connectivity index (χ0v) is 28.5. The van der Waals surface area contributed by atoms with Crippen molar-refractivity contribution in [3.8, 4) is 22.9 Å². The number of nitrogens with zero attached hydrogens (tertiary/aromatic N) is 4. The smallest absolute Gasteiger partial charge is 0.312 e. The summed E-state index contributed by atoms with van der Waals surface area (Å²) in [4.78, 5) is 30.2. The molecule has 0 fully saturated rings. The number of benzene rings is 4. The fourth-order valence-electron chi connectivity index (χ4n) is 4.94. The molecule has 0 aliphatic carbocycles. The van der Waals surface area contributed by atoms with Crippen LogP contribution in [0.15, 0.2) is 81.1 Å². The molecular formula is C34H29BrCl2N4O5. The Balaban J connectivity index is 1.60. The third kappa shape index (κ3) is 6.94. The molecule has 0 saturated heterocycles. The molecule has 0 atom stereocenters. The fourth-order valence-corrected chi connectivity index (χ4v) is 5.99. The van der Waals surface area contributed by atoms with Gasteiger partial charge in [0.1, 0.15) is 12.4 Å². The highest BCUT2D eigenvalue weighted by Crippen LogP contribution is 2.38. The highest BCUT2D eigenvalue weighted by atomic mass is 79.9. The van der Waals surface area contributed by atoms with E-state index >= 15 is 0 Å². The van der Waals surface area contributed by atoms with E-state index in [1.807, 2.05) is 32.0 Å². The first-order valence-corrected chi connectivity index (χ1v) is 15.9. The molecule has 0 radical (unpaired) electrons. The first-order valence-electron chi connectivity index (χ1n) is 14.4. The minimum atomic E-state index is -0.549. The second-order valence-electron chi connectivity index (χ2n) is 10.7. The van der Waals surface area contributed by atoms with Crippen LogP contribution in [0.2, 0.25) is 10.0 Å². The second-order valence-corrected chi connectivity index (χ2v) is 12.4. The summed E-state index contributed by atoms with van der Waals surface area (Å²) in [5.74, 6) is 1.26. The number of hydrogen-bond donors (Lipinski definition) is 0. The fraction of sp³-hybridized carbons (Fsp3) is 0.206. The Morgan fingerprint density at radius 1 is 1.09 bits per heavy atom. The van der Waals surface area contributed by atoms with Crippen LogP contribution in [0.5, 0.6) is 11.5 Å². The maximum absolute atomic E-state index is 13.8. The van der Waals surface area contributed by atoms with Crippen LogP contribution in [-0.4, -0.2) is 27.4 Å². The number of nitro benzene ring substituents is 1. The third-order valence-corrected chi connectivity index (χ3v) is 8.40. The van der Waals surface area contributed by atoms with Crippen molar-refractivity contribution in [2.45, 2.75) is 40.2 Å². The number of fused-ring (bicyclic) bond motifs is 1. The van der Waals surface area contributed by atoms with Crippen LogP contribution in [0.4, 0.5) is 5.69 Å². The summed E-state index contributed by atoms with van der Waals surface area (Å²) >= 11 is 15.6. The van der Waals surface area contributed by atoms with E-state index in [2.05, 4.69) is 34.9 Å². The average molecular weight is 724 g/mol. The molecule has 0 aliphatic heterocycles. The van der Waals surface area contributed by atoms with Gasteiger partial charge < -0.3 is 9.47 Å². The maximum Gasteiger partial charge on any atom is 0.312 e. The molecule has 0 unspecified atom stereocenters. The van der Waals surface area contributed by atoms with Crippen molar-refractivity contribution < 1.29 is 14.4 Å². The van der Waals surface area contributed by atoms with Crippen LogP contribution in [0, 0.1) is 17.0 Å². The Morgan fingerprint density at radius 3 is 2.54 bits per heavy atom. The number of nitro groups is 1. The third-order valence-electron chi connectivity index (χ3n) is 7.23. The molecule has 0 bridgehead atoms. The van der Waals surface area contributed by atoms with Crippen molar-refractivity contribution in [1.82, 2.24) is 9.66 Å². The van der Waals surface area contributed by atoms with Gasteiger partial charge in [0.2, 0.25) is 5.75 Å². The molecule has 1 heterocycles. The van der Waals surface area contributed by atoms with Crippen LogP contribution in [0.1, 0.15) is 48.9 Å². The van der Waals surface area contributed by atoms with Crippen molar-refractivity contribution >= 4 is 61.9 Å². The van der Waals surface area contributed by atoms with Gasteiger partial charge in [-0.3, -0.25) is 14.9 Å². The van der Waals surface area contributed by atoms with Crippen LogP contribution in [-0.2, 0) is 6.61 Å². The average Bonchev–Trinajstić information content (AvgIpc) is 3.00. The topological polar surface area (TPSA) is 109 Å². The molecule has 4 aromatic carbocycles. The number of aryl methyl sites for hydroxylation is 1. The SMILES string of the molecule is CCOc1cc(C)c(-c2nc3ccccc3c(=O)n2N=Cc2cc(Br)c(OCc3ccc(Cl)cc3Cl)c([N+](=O)[O-])c2)cc1C(C)C. The number of aromatic nitrogens is 2. The van der Waals surface area contributed by atoms with Gasteiger partial charge in [0.25, 0.3) is 5.56 Å². The van der Waals surface area contributed by atoms with Crippen LogP contribution >= 0.6 is 39.1 Å². The molecule has 236 valence electrons. The predicted octanol–water partition coefficient (Wildman–Crippen LogP) is 9.33. The van der Waals surface area contributed by atoms with E-state index < -0.39 is 4.92 Å². The molecule has 0 aliphatic rings. The normalized spacial score (nSPS) is 11.5. The van der Waals surface area contributed by atoms with E-state index in [0.717, 1.165) is 16.9 Å². The zero-order chi connectivity index (χ0) is 33.1. The molecule has 5 aromatic rings. The molecule has 12 heteroatoms. The Hall–Kier alpha value is -4.25. The molecule has 0 amide bonds. The molecule has 0 N–H and O–H groups in total. The van der Waals surface area contributed by atoms with Gasteiger partial charge in [0, 0.05) is 32.8 Å². The van der Waals surface area contributed by atoms with E-state index in [1.54, 1.807) is 42.5 Å².